The Balaban J connectivity index is 1.76. The van der Waals surface area contributed by atoms with Crippen LogP contribution in [0.3, 0.4) is 0 Å². The molecule has 0 amide bonds. The number of morpholine rings is 1. The minimum Gasteiger partial charge on any atom is -0.457 e. The maximum atomic E-state index is 12.9. The van der Waals surface area contributed by atoms with Crippen LogP contribution in [0.5, 0.6) is 0 Å². The monoisotopic (exact) mass is 426 g/mol. The number of hydrogen-bond acceptors (Lipinski definition) is 8. The maximum absolute atomic E-state index is 12.9. The second-order valence-electron chi connectivity index (χ2n) is 6.12. The number of sulfonamides is 1. The summed E-state index contributed by atoms with van der Waals surface area (Å²) in [4.78, 5) is 22.6. The summed E-state index contributed by atoms with van der Waals surface area (Å²) >= 11 is 0.943. The lowest BCUT2D eigenvalue weighted by molar-refractivity contribution is -0.380. The van der Waals surface area contributed by atoms with Crippen molar-refractivity contribution < 1.29 is 27.6 Å². The van der Waals surface area contributed by atoms with E-state index in [0.29, 0.717) is 24.3 Å². The standard InChI is InChI=1S/C17H18N2O7S2/c1-12-2-3-14(9-15(12)28(23,24)18-4-6-25-7-5-18)17(20)26-10-13-8-16(19(21)22)27-11-13/h2-3,8-9,11H,4-7,10H2,1H3. The average molecular weight is 426 g/mol. The Morgan fingerprint density at radius 3 is 2.68 bits per heavy atom. The van der Waals surface area contributed by atoms with Gasteiger partial charge in [0, 0.05) is 30.1 Å². The van der Waals surface area contributed by atoms with E-state index in [4.69, 9.17) is 9.47 Å². The Labute approximate surface area is 165 Å². The van der Waals surface area contributed by atoms with Gasteiger partial charge in [0.1, 0.15) is 6.61 Å². The lowest BCUT2D eigenvalue weighted by Gasteiger charge is -2.26. The van der Waals surface area contributed by atoms with Gasteiger partial charge in [-0.05, 0) is 24.6 Å². The summed E-state index contributed by atoms with van der Waals surface area (Å²) in [5.41, 5.74) is 1.12. The molecule has 2 heterocycles. The summed E-state index contributed by atoms with van der Waals surface area (Å²) in [6.07, 6.45) is 0. The van der Waals surface area contributed by atoms with Crippen LogP contribution in [0, 0.1) is 17.0 Å². The van der Waals surface area contributed by atoms with Crippen molar-refractivity contribution in [2.75, 3.05) is 26.3 Å². The normalized spacial score (nSPS) is 15.3. The number of carbonyl (C=O) groups excluding carboxylic acids is 1. The summed E-state index contributed by atoms with van der Waals surface area (Å²) in [7, 11) is -3.75. The van der Waals surface area contributed by atoms with E-state index in [2.05, 4.69) is 0 Å². The zero-order valence-electron chi connectivity index (χ0n) is 15.0. The minimum atomic E-state index is -3.75. The van der Waals surface area contributed by atoms with Crippen LogP contribution in [0.2, 0.25) is 0 Å². The van der Waals surface area contributed by atoms with Crippen LogP contribution in [0.15, 0.2) is 34.5 Å². The highest BCUT2D eigenvalue weighted by atomic mass is 32.2. The number of nitro groups is 1. The molecule has 1 aliphatic rings. The lowest BCUT2D eigenvalue weighted by atomic mass is 10.1. The van der Waals surface area contributed by atoms with Crippen LogP contribution in [-0.4, -0.2) is 49.9 Å². The molecule has 0 spiro atoms. The number of ether oxygens (including phenoxy) is 2. The number of nitrogens with zero attached hydrogens (tertiary/aromatic N) is 2. The van der Waals surface area contributed by atoms with E-state index in [1.165, 1.54) is 27.9 Å². The van der Waals surface area contributed by atoms with Crippen LogP contribution in [0.1, 0.15) is 21.5 Å². The SMILES string of the molecule is Cc1ccc(C(=O)OCc2csc([N+](=O)[O-])c2)cc1S(=O)(=O)N1CCOCC1. The van der Waals surface area contributed by atoms with Crippen LogP contribution < -0.4 is 0 Å². The van der Waals surface area contributed by atoms with Crippen LogP contribution in [-0.2, 0) is 26.1 Å². The molecule has 1 saturated heterocycles. The smallest absolute Gasteiger partial charge is 0.338 e. The van der Waals surface area contributed by atoms with Crippen molar-refractivity contribution in [1.29, 1.82) is 0 Å². The summed E-state index contributed by atoms with van der Waals surface area (Å²) < 4.78 is 37.5. The summed E-state index contributed by atoms with van der Waals surface area (Å²) in [5, 5.41) is 12.2. The third-order valence-corrected chi connectivity index (χ3v) is 7.17. The van der Waals surface area contributed by atoms with Crippen molar-refractivity contribution in [1.82, 2.24) is 4.31 Å². The highest BCUT2D eigenvalue weighted by Crippen LogP contribution is 2.25. The Bertz CT molecular complexity index is 995. The molecule has 0 bridgehead atoms. The zero-order chi connectivity index (χ0) is 20.3. The number of thiophene rings is 1. The third-order valence-electron chi connectivity index (χ3n) is 4.20. The first-order valence-corrected chi connectivity index (χ1v) is 10.7. The molecule has 0 atom stereocenters. The highest BCUT2D eigenvalue weighted by Gasteiger charge is 2.28. The largest absolute Gasteiger partial charge is 0.457 e. The van der Waals surface area contributed by atoms with Gasteiger partial charge in [-0.25, -0.2) is 13.2 Å². The lowest BCUT2D eigenvalue weighted by Crippen LogP contribution is -2.40. The van der Waals surface area contributed by atoms with Gasteiger partial charge in [-0.1, -0.05) is 17.4 Å². The minimum absolute atomic E-state index is 0.0414. The van der Waals surface area contributed by atoms with Gasteiger partial charge in [0.05, 0.1) is 28.6 Å². The number of aryl methyl sites for hydroxylation is 1. The van der Waals surface area contributed by atoms with Gasteiger partial charge in [-0.2, -0.15) is 4.31 Å². The first-order chi connectivity index (χ1) is 13.3. The van der Waals surface area contributed by atoms with Crippen molar-refractivity contribution in [2.45, 2.75) is 18.4 Å². The molecule has 1 aliphatic heterocycles. The summed E-state index contributed by atoms with van der Waals surface area (Å²) in [5.74, 6) is -0.702. The molecule has 1 aromatic heterocycles. The predicted molar refractivity (Wildman–Crippen MR) is 101 cm³/mol. The second kappa shape index (κ2) is 8.35. The first kappa shape index (κ1) is 20.4. The molecule has 0 N–H and O–H groups in total. The molecule has 9 nitrogen and oxygen atoms in total. The predicted octanol–water partition coefficient (Wildman–Crippen LogP) is 2.34. The summed E-state index contributed by atoms with van der Waals surface area (Å²) in [6, 6.07) is 5.69. The molecular formula is C17H18N2O7S2. The van der Waals surface area contributed by atoms with Gasteiger partial charge in [-0.3, -0.25) is 10.1 Å². The van der Waals surface area contributed by atoms with Gasteiger partial charge in [0.2, 0.25) is 10.0 Å². The van der Waals surface area contributed by atoms with Gasteiger partial charge in [0.25, 0.3) is 0 Å². The van der Waals surface area contributed by atoms with Gasteiger partial charge < -0.3 is 9.47 Å². The van der Waals surface area contributed by atoms with Crippen LogP contribution in [0.4, 0.5) is 5.00 Å². The van der Waals surface area contributed by atoms with E-state index in [9.17, 15) is 23.3 Å². The second-order valence-corrected chi connectivity index (χ2v) is 8.92. The van der Waals surface area contributed by atoms with Crippen LogP contribution in [0.25, 0.3) is 0 Å². The van der Waals surface area contributed by atoms with Crippen molar-refractivity contribution >= 4 is 32.3 Å². The Hall–Kier alpha value is -2.34. The third kappa shape index (κ3) is 4.38. The van der Waals surface area contributed by atoms with E-state index in [0.717, 1.165) is 11.3 Å². The number of rotatable bonds is 6. The molecule has 1 fully saturated rings. The molecule has 28 heavy (non-hydrogen) atoms. The molecule has 3 rings (SSSR count). The molecule has 11 heteroatoms. The molecule has 1 aromatic carbocycles. The molecular weight excluding hydrogens is 408 g/mol. The van der Waals surface area contributed by atoms with Crippen molar-refractivity contribution in [3.8, 4) is 0 Å². The average Bonchev–Trinajstić information content (AvgIpc) is 3.16. The number of esters is 1. The fraction of sp³-hybridized carbons (Fsp3) is 0.353. The Morgan fingerprint density at radius 2 is 2.04 bits per heavy atom. The topological polar surface area (TPSA) is 116 Å². The van der Waals surface area contributed by atoms with E-state index in [-0.39, 0.29) is 35.2 Å². The Kier molecular flexibility index (Phi) is 6.08. The Morgan fingerprint density at radius 1 is 1.32 bits per heavy atom. The summed E-state index contributed by atoms with van der Waals surface area (Å²) in [6.45, 7) is 2.69. The quantitative estimate of drug-likeness (QED) is 0.395. The molecule has 2 aromatic rings. The van der Waals surface area contributed by atoms with Crippen molar-refractivity contribution in [3.63, 3.8) is 0 Å². The van der Waals surface area contributed by atoms with Gasteiger partial charge >= 0.3 is 11.0 Å². The van der Waals surface area contributed by atoms with E-state index in [1.54, 1.807) is 13.0 Å². The number of benzene rings is 1. The van der Waals surface area contributed by atoms with Gasteiger partial charge in [0.15, 0.2) is 0 Å². The van der Waals surface area contributed by atoms with Crippen molar-refractivity contribution in [2.24, 2.45) is 0 Å². The fourth-order valence-corrected chi connectivity index (χ4v) is 5.07. The van der Waals surface area contributed by atoms with E-state index >= 15 is 0 Å². The number of hydrogen-bond donors (Lipinski definition) is 0. The highest BCUT2D eigenvalue weighted by molar-refractivity contribution is 7.89. The zero-order valence-corrected chi connectivity index (χ0v) is 16.6. The number of carbonyl (C=O) groups is 1. The molecule has 0 aliphatic carbocycles. The van der Waals surface area contributed by atoms with Crippen molar-refractivity contribution in [3.05, 3.63) is 56.5 Å². The van der Waals surface area contributed by atoms with Gasteiger partial charge in [-0.15, -0.1) is 0 Å². The van der Waals surface area contributed by atoms with E-state index in [1.807, 2.05) is 0 Å². The molecule has 0 unspecified atom stereocenters. The molecule has 150 valence electrons. The van der Waals surface area contributed by atoms with E-state index < -0.39 is 20.9 Å². The van der Waals surface area contributed by atoms with Crippen LogP contribution >= 0.6 is 11.3 Å². The maximum Gasteiger partial charge on any atom is 0.338 e. The fourth-order valence-electron chi connectivity index (χ4n) is 2.70. The molecule has 0 radical (unpaired) electrons. The molecule has 0 saturated carbocycles. The first-order valence-electron chi connectivity index (χ1n) is 8.36.